The van der Waals surface area contributed by atoms with Gasteiger partial charge in [0.2, 0.25) is 0 Å². The fourth-order valence-corrected chi connectivity index (χ4v) is 3.16. The summed E-state index contributed by atoms with van der Waals surface area (Å²) in [6.45, 7) is 4.86. The van der Waals surface area contributed by atoms with E-state index >= 15 is 0 Å². The van der Waals surface area contributed by atoms with Crippen molar-refractivity contribution in [2.24, 2.45) is 11.8 Å². The summed E-state index contributed by atoms with van der Waals surface area (Å²) in [5.74, 6) is 1.82. The SMILES string of the molecule is CC1CCCCC1=C1CCCC1C. The van der Waals surface area contributed by atoms with Gasteiger partial charge < -0.3 is 0 Å². The topological polar surface area (TPSA) is 0 Å². The third-order valence-electron chi connectivity index (χ3n) is 4.02. The number of allylic oxidation sites excluding steroid dienone is 2. The van der Waals surface area contributed by atoms with Gasteiger partial charge in [0.25, 0.3) is 0 Å². The van der Waals surface area contributed by atoms with Crippen LogP contribution in [0.1, 0.15) is 58.8 Å². The first-order valence-corrected chi connectivity index (χ1v) is 6.01. The van der Waals surface area contributed by atoms with E-state index in [2.05, 4.69) is 13.8 Å². The molecule has 0 amide bonds. The second kappa shape index (κ2) is 3.86. The van der Waals surface area contributed by atoms with Gasteiger partial charge in [-0.05, 0) is 50.4 Å². The monoisotopic (exact) mass is 178 g/mol. The van der Waals surface area contributed by atoms with Crippen molar-refractivity contribution in [2.75, 3.05) is 0 Å². The summed E-state index contributed by atoms with van der Waals surface area (Å²) in [7, 11) is 0. The standard InChI is InChI=1S/C13H22/c1-10-6-3-4-8-12(10)13-9-5-7-11(13)2/h10-11H,3-9H2,1-2H3. The summed E-state index contributed by atoms with van der Waals surface area (Å²) in [5, 5.41) is 0. The molecule has 0 N–H and O–H groups in total. The Morgan fingerprint density at radius 2 is 1.31 bits per heavy atom. The van der Waals surface area contributed by atoms with Crippen LogP contribution in [0.15, 0.2) is 11.1 Å². The average molecular weight is 178 g/mol. The van der Waals surface area contributed by atoms with Gasteiger partial charge in [-0.3, -0.25) is 0 Å². The van der Waals surface area contributed by atoms with Crippen molar-refractivity contribution in [3.05, 3.63) is 11.1 Å². The minimum absolute atomic E-state index is 0.907. The van der Waals surface area contributed by atoms with Gasteiger partial charge in [-0.1, -0.05) is 31.4 Å². The van der Waals surface area contributed by atoms with Crippen molar-refractivity contribution in [3.8, 4) is 0 Å². The van der Waals surface area contributed by atoms with Gasteiger partial charge in [-0.25, -0.2) is 0 Å². The first kappa shape index (κ1) is 9.30. The van der Waals surface area contributed by atoms with Gasteiger partial charge in [0.1, 0.15) is 0 Å². The maximum atomic E-state index is 2.44. The predicted octanol–water partition coefficient (Wildman–Crippen LogP) is 4.31. The lowest BCUT2D eigenvalue weighted by molar-refractivity contribution is 0.471. The van der Waals surface area contributed by atoms with E-state index < -0.39 is 0 Å². The van der Waals surface area contributed by atoms with Crippen LogP contribution < -0.4 is 0 Å². The Labute approximate surface area is 82.4 Å². The van der Waals surface area contributed by atoms with Crippen LogP contribution >= 0.6 is 0 Å². The minimum atomic E-state index is 0.907. The molecule has 0 saturated heterocycles. The number of rotatable bonds is 0. The molecule has 13 heavy (non-hydrogen) atoms. The quantitative estimate of drug-likeness (QED) is 0.485. The molecule has 2 rings (SSSR count). The van der Waals surface area contributed by atoms with E-state index in [0.29, 0.717) is 0 Å². The Hall–Kier alpha value is -0.260. The molecule has 2 fully saturated rings. The summed E-state index contributed by atoms with van der Waals surface area (Å²) in [5.41, 5.74) is 3.71. The summed E-state index contributed by atoms with van der Waals surface area (Å²) in [6.07, 6.45) is 10.1. The fraction of sp³-hybridized carbons (Fsp3) is 0.846. The van der Waals surface area contributed by atoms with Crippen molar-refractivity contribution < 1.29 is 0 Å². The van der Waals surface area contributed by atoms with Crippen LogP contribution in [0.5, 0.6) is 0 Å². The molecule has 0 heteroatoms. The van der Waals surface area contributed by atoms with Crippen LogP contribution in [-0.4, -0.2) is 0 Å². The van der Waals surface area contributed by atoms with Gasteiger partial charge in [0, 0.05) is 0 Å². The summed E-state index contributed by atoms with van der Waals surface area (Å²) in [4.78, 5) is 0. The summed E-state index contributed by atoms with van der Waals surface area (Å²) >= 11 is 0. The van der Waals surface area contributed by atoms with Crippen molar-refractivity contribution >= 4 is 0 Å². The van der Waals surface area contributed by atoms with Crippen LogP contribution in [0.2, 0.25) is 0 Å². The van der Waals surface area contributed by atoms with Crippen LogP contribution in [-0.2, 0) is 0 Å². The molecule has 2 atom stereocenters. The molecule has 0 radical (unpaired) electrons. The van der Waals surface area contributed by atoms with Gasteiger partial charge in [-0.2, -0.15) is 0 Å². The molecule has 2 unspecified atom stereocenters. The molecule has 2 aliphatic carbocycles. The lowest BCUT2D eigenvalue weighted by Crippen LogP contribution is -2.10. The summed E-state index contributed by atoms with van der Waals surface area (Å²) < 4.78 is 0. The van der Waals surface area contributed by atoms with Crippen molar-refractivity contribution in [3.63, 3.8) is 0 Å². The van der Waals surface area contributed by atoms with Gasteiger partial charge in [-0.15, -0.1) is 0 Å². The third kappa shape index (κ3) is 1.82. The molecule has 0 spiro atoms. The van der Waals surface area contributed by atoms with Crippen LogP contribution in [0.3, 0.4) is 0 Å². The molecule has 0 heterocycles. The first-order chi connectivity index (χ1) is 6.29. The maximum absolute atomic E-state index is 2.44. The zero-order chi connectivity index (χ0) is 9.26. The molecule has 0 aromatic rings. The minimum Gasteiger partial charge on any atom is -0.0679 e. The highest BCUT2D eigenvalue weighted by Crippen LogP contribution is 2.40. The van der Waals surface area contributed by atoms with Crippen molar-refractivity contribution in [1.82, 2.24) is 0 Å². The lowest BCUT2D eigenvalue weighted by atomic mass is 9.80. The lowest BCUT2D eigenvalue weighted by Gasteiger charge is -2.25. The third-order valence-corrected chi connectivity index (χ3v) is 4.02. The molecule has 2 saturated carbocycles. The van der Waals surface area contributed by atoms with Crippen LogP contribution in [0.4, 0.5) is 0 Å². The van der Waals surface area contributed by atoms with Gasteiger partial charge in [0.05, 0.1) is 0 Å². The van der Waals surface area contributed by atoms with E-state index in [1.807, 2.05) is 11.1 Å². The molecule has 0 aromatic carbocycles. The molecule has 0 aliphatic heterocycles. The molecular formula is C13H22. The Bertz CT molecular complexity index is 212. The molecule has 2 aliphatic rings. The molecule has 0 bridgehead atoms. The van der Waals surface area contributed by atoms with E-state index in [-0.39, 0.29) is 0 Å². The van der Waals surface area contributed by atoms with Crippen LogP contribution in [0.25, 0.3) is 0 Å². The number of hydrogen-bond acceptors (Lipinski definition) is 0. The van der Waals surface area contributed by atoms with Crippen molar-refractivity contribution in [2.45, 2.75) is 58.8 Å². The largest absolute Gasteiger partial charge is 0.0679 e. The highest BCUT2D eigenvalue weighted by molar-refractivity contribution is 5.22. The van der Waals surface area contributed by atoms with Gasteiger partial charge in [0.15, 0.2) is 0 Å². The molecule has 0 nitrogen and oxygen atoms in total. The zero-order valence-electron chi connectivity index (χ0n) is 9.10. The van der Waals surface area contributed by atoms with E-state index in [4.69, 9.17) is 0 Å². The van der Waals surface area contributed by atoms with E-state index in [1.54, 1.807) is 0 Å². The Morgan fingerprint density at radius 1 is 0.769 bits per heavy atom. The van der Waals surface area contributed by atoms with E-state index in [1.165, 1.54) is 44.9 Å². The highest BCUT2D eigenvalue weighted by atomic mass is 14.3. The van der Waals surface area contributed by atoms with E-state index in [9.17, 15) is 0 Å². The number of hydrogen-bond donors (Lipinski definition) is 0. The smallest absolute Gasteiger partial charge is 0.0229 e. The summed E-state index contributed by atoms with van der Waals surface area (Å²) in [6, 6.07) is 0. The maximum Gasteiger partial charge on any atom is -0.0229 e. The molecule has 74 valence electrons. The highest BCUT2D eigenvalue weighted by Gasteiger charge is 2.24. The zero-order valence-corrected chi connectivity index (χ0v) is 9.10. The van der Waals surface area contributed by atoms with Crippen molar-refractivity contribution in [1.29, 1.82) is 0 Å². The normalized spacial score (nSPS) is 41.1. The van der Waals surface area contributed by atoms with Crippen LogP contribution in [0, 0.1) is 11.8 Å². The Balaban J connectivity index is 2.19. The fourth-order valence-electron chi connectivity index (χ4n) is 3.16. The molecule has 0 aromatic heterocycles. The Kier molecular flexibility index (Phi) is 2.76. The van der Waals surface area contributed by atoms with E-state index in [0.717, 1.165) is 11.8 Å². The predicted molar refractivity (Wildman–Crippen MR) is 57.7 cm³/mol. The van der Waals surface area contributed by atoms with Gasteiger partial charge >= 0.3 is 0 Å². The first-order valence-electron chi connectivity index (χ1n) is 6.01. The molecular weight excluding hydrogens is 156 g/mol. The second-order valence-electron chi connectivity index (χ2n) is 4.99. The second-order valence-corrected chi connectivity index (χ2v) is 4.99. The average Bonchev–Trinajstić information content (AvgIpc) is 2.52. The Morgan fingerprint density at radius 3 is 1.85 bits per heavy atom.